The summed E-state index contributed by atoms with van der Waals surface area (Å²) in [7, 11) is 5.34. The maximum absolute atomic E-state index is 13.4. The molecule has 1 heterocycles. The van der Waals surface area contributed by atoms with Crippen molar-refractivity contribution in [2.45, 2.75) is 26.0 Å². The van der Waals surface area contributed by atoms with Crippen molar-refractivity contribution in [3.8, 4) is 11.5 Å². The molecule has 0 bridgehead atoms. The smallest absolute Gasteiger partial charge is 0.300 e. The molecule has 1 aliphatic rings. The van der Waals surface area contributed by atoms with Crippen LogP contribution in [0.4, 0.5) is 11.4 Å². The number of carbonyl (C=O) groups excluding carboxylic acids is 2. The van der Waals surface area contributed by atoms with E-state index in [-0.39, 0.29) is 22.5 Å². The number of ketones is 1. The number of Topliss-reactive ketones (excluding diaryl/α,β-unsaturated/α-hetero) is 1. The summed E-state index contributed by atoms with van der Waals surface area (Å²) < 4.78 is 10.9. The van der Waals surface area contributed by atoms with Crippen LogP contribution < -0.4 is 19.3 Å². The first-order valence-corrected chi connectivity index (χ1v) is 12.2. The number of methoxy groups -OCH3 is 1. The van der Waals surface area contributed by atoms with Crippen LogP contribution in [-0.2, 0) is 9.59 Å². The number of aliphatic hydroxyl groups excluding tert-OH is 1. The Morgan fingerprint density at radius 1 is 1.00 bits per heavy atom. The van der Waals surface area contributed by atoms with E-state index in [1.54, 1.807) is 36.4 Å². The van der Waals surface area contributed by atoms with E-state index in [0.29, 0.717) is 28.3 Å². The topological polar surface area (TPSA) is 79.3 Å². The lowest BCUT2D eigenvalue weighted by Gasteiger charge is -2.26. The fourth-order valence-corrected chi connectivity index (χ4v) is 4.55. The third-order valence-electron chi connectivity index (χ3n) is 6.08. The fraction of sp³-hybridized carbons (Fsp3) is 0.241. The molecule has 0 spiro atoms. The molecule has 1 amide bonds. The average Bonchev–Trinajstić information content (AvgIpc) is 3.14. The maximum Gasteiger partial charge on any atom is 0.300 e. The van der Waals surface area contributed by atoms with Gasteiger partial charge in [0, 0.05) is 31.0 Å². The van der Waals surface area contributed by atoms with Gasteiger partial charge in [0.2, 0.25) is 0 Å². The molecule has 3 aromatic carbocycles. The molecule has 3 aromatic rings. The van der Waals surface area contributed by atoms with Crippen molar-refractivity contribution >= 4 is 40.4 Å². The van der Waals surface area contributed by atoms with Crippen LogP contribution in [0.15, 0.2) is 72.3 Å². The molecule has 8 heteroatoms. The Bertz CT molecular complexity index is 1350. The predicted octanol–water partition coefficient (Wildman–Crippen LogP) is 5.83. The van der Waals surface area contributed by atoms with Gasteiger partial charge >= 0.3 is 0 Å². The summed E-state index contributed by atoms with van der Waals surface area (Å²) in [6.07, 6.45) is -0.00777. The average molecular weight is 521 g/mol. The number of rotatable bonds is 7. The van der Waals surface area contributed by atoms with E-state index in [1.165, 1.54) is 18.1 Å². The van der Waals surface area contributed by atoms with Gasteiger partial charge in [0.1, 0.15) is 17.3 Å². The minimum Gasteiger partial charge on any atom is -0.507 e. The van der Waals surface area contributed by atoms with E-state index in [1.807, 2.05) is 57.1 Å². The molecular weight excluding hydrogens is 492 g/mol. The van der Waals surface area contributed by atoms with Crippen molar-refractivity contribution in [1.82, 2.24) is 0 Å². The third kappa shape index (κ3) is 5.13. The van der Waals surface area contributed by atoms with Gasteiger partial charge in [0.05, 0.1) is 29.9 Å². The van der Waals surface area contributed by atoms with Gasteiger partial charge in [0.25, 0.3) is 11.7 Å². The molecule has 7 nitrogen and oxygen atoms in total. The van der Waals surface area contributed by atoms with Crippen LogP contribution in [0.2, 0.25) is 5.02 Å². The van der Waals surface area contributed by atoms with E-state index in [0.717, 1.165) is 5.69 Å². The zero-order chi connectivity index (χ0) is 26.9. The molecule has 0 saturated carbocycles. The summed E-state index contributed by atoms with van der Waals surface area (Å²) in [5, 5.41) is 11.6. The molecule has 1 N–H and O–H groups in total. The largest absolute Gasteiger partial charge is 0.507 e. The number of carbonyl (C=O) groups is 2. The normalized spacial score (nSPS) is 16.8. The molecule has 0 aromatic heterocycles. The van der Waals surface area contributed by atoms with E-state index in [4.69, 9.17) is 21.1 Å². The van der Waals surface area contributed by atoms with Crippen LogP contribution in [-0.4, -0.2) is 44.1 Å². The van der Waals surface area contributed by atoms with Crippen molar-refractivity contribution < 1.29 is 24.2 Å². The van der Waals surface area contributed by atoms with E-state index < -0.39 is 17.7 Å². The minimum atomic E-state index is -0.853. The number of aliphatic hydroxyl groups is 1. The number of halogens is 1. The van der Waals surface area contributed by atoms with Gasteiger partial charge in [-0.3, -0.25) is 14.5 Å². The number of amides is 1. The molecule has 37 heavy (non-hydrogen) atoms. The number of hydrogen-bond donors (Lipinski definition) is 1. The Morgan fingerprint density at radius 3 is 2.19 bits per heavy atom. The molecule has 1 unspecified atom stereocenters. The number of ether oxygens (including phenoxy) is 2. The first kappa shape index (κ1) is 26.1. The molecule has 192 valence electrons. The van der Waals surface area contributed by atoms with Gasteiger partial charge < -0.3 is 19.5 Å². The van der Waals surface area contributed by atoms with Crippen molar-refractivity contribution in [2.24, 2.45) is 0 Å². The molecule has 0 aliphatic carbocycles. The van der Waals surface area contributed by atoms with Gasteiger partial charge in [-0.15, -0.1) is 0 Å². The summed E-state index contributed by atoms with van der Waals surface area (Å²) in [4.78, 5) is 30.1. The Labute approximate surface area is 221 Å². The fourth-order valence-electron chi connectivity index (χ4n) is 4.30. The number of benzene rings is 3. The van der Waals surface area contributed by atoms with E-state index >= 15 is 0 Å². The maximum atomic E-state index is 13.4. The number of hydrogen-bond acceptors (Lipinski definition) is 6. The summed E-state index contributed by atoms with van der Waals surface area (Å²) in [6, 6.07) is 18.3. The quantitative estimate of drug-likeness (QED) is 0.240. The standard InChI is InChI=1S/C29H29ClN2O5/c1-17(2)37-22-13-11-21(12-14-22)32-26(18-6-9-20(10-7-18)31(3)4)25(28(34)29(32)35)27(33)19-8-15-24(36-5)23(30)16-19/h6-17,26,33H,1-5H3/b27-25-. The van der Waals surface area contributed by atoms with Gasteiger partial charge in [0.15, 0.2) is 0 Å². The summed E-state index contributed by atoms with van der Waals surface area (Å²) in [6.45, 7) is 3.85. The van der Waals surface area contributed by atoms with Crippen molar-refractivity contribution in [3.63, 3.8) is 0 Å². The molecule has 1 saturated heterocycles. The highest BCUT2D eigenvalue weighted by atomic mass is 35.5. The van der Waals surface area contributed by atoms with E-state index in [9.17, 15) is 14.7 Å². The van der Waals surface area contributed by atoms with Crippen LogP contribution >= 0.6 is 11.6 Å². The first-order valence-electron chi connectivity index (χ1n) is 11.8. The lowest BCUT2D eigenvalue weighted by Crippen LogP contribution is -2.29. The van der Waals surface area contributed by atoms with Gasteiger partial charge in [-0.2, -0.15) is 0 Å². The lowest BCUT2D eigenvalue weighted by molar-refractivity contribution is -0.132. The van der Waals surface area contributed by atoms with Gasteiger partial charge in [-0.05, 0) is 74.0 Å². The van der Waals surface area contributed by atoms with Crippen LogP contribution in [0.3, 0.4) is 0 Å². The molecule has 4 rings (SSSR count). The Balaban J connectivity index is 1.87. The van der Waals surface area contributed by atoms with Crippen LogP contribution in [0, 0.1) is 0 Å². The Kier molecular flexibility index (Phi) is 7.45. The monoisotopic (exact) mass is 520 g/mol. The number of anilines is 2. The second kappa shape index (κ2) is 10.6. The van der Waals surface area contributed by atoms with Crippen LogP contribution in [0.5, 0.6) is 11.5 Å². The Hall–Kier alpha value is -3.97. The van der Waals surface area contributed by atoms with E-state index in [2.05, 4.69) is 0 Å². The molecule has 1 aliphatic heterocycles. The van der Waals surface area contributed by atoms with Crippen LogP contribution in [0.25, 0.3) is 5.76 Å². The van der Waals surface area contributed by atoms with Crippen molar-refractivity contribution in [3.05, 3.63) is 88.5 Å². The van der Waals surface area contributed by atoms with Gasteiger partial charge in [-0.1, -0.05) is 23.7 Å². The Morgan fingerprint density at radius 2 is 1.65 bits per heavy atom. The zero-order valence-electron chi connectivity index (χ0n) is 21.4. The highest BCUT2D eigenvalue weighted by Crippen LogP contribution is 2.43. The van der Waals surface area contributed by atoms with Crippen LogP contribution in [0.1, 0.15) is 31.0 Å². The second-order valence-corrected chi connectivity index (χ2v) is 9.57. The highest BCUT2D eigenvalue weighted by Gasteiger charge is 2.47. The molecule has 1 atom stereocenters. The molecule has 0 radical (unpaired) electrons. The minimum absolute atomic E-state index is 0.00777. The highest BCUT2D eigenvalue weighted by molar-refractivity contribution is 6.51. The summed E-state index contributed by atoms with van der Waals surface area (Å²) in [5.74, 6) is -0.755. The first-order chi connectivity index (χ1) is 17.6. The summed E-state index contributed by atoms with van der Waals surface area (Å²) in [5.41, 5.74) is 2.42. The summed E-state index contributed by atoms with van der Waals surface area (Å²) >= 11 is 6.28. The third-order valence-corrected chi connectivity index (χ3v) is 6.38. The van der Waals surface area contributed by atoms with Gasteiger partial charge in [-0.25, -0.2) is 0 Å². The zero-order valence-corrected chi connectivity index (χ0v) is 22.1. The number of nitrogens with zero attached hydrogens (tertiary/aromatic N) is 2. The lowest BCUT2D eigenvalue weighted by atomic mass is 9.95. The SMILES string of the molecule is COc1ccc(/C(O)=C2/C(=O)C(=O)N(c3ccc(OC(C)C)cc3)C2c2ccc(N(C)C)cc2)cc1Cl. The second-order valence-electron chi connectivity index (χ2n) is 9.16. The molecular formula is C29H29ClN2O5. The van der Waals surface area contributed by atoms with Crippen molar-refractivity contribution in [1.29, 1.82) is 0 Å². The predicted molar refractivity (Wildman–Crippen MR) is 146 cm³/mol. The molecule has 1 fully saturated rings. The van der Waals surface area contributed by atoms with Crippen molar-refractivity contribution in [2.75, 3.05) is 31.0 Å².